The number of carbonyl (C=O) groups is 1. The van der Waals surface area contributed by atoms with Gasteiger partial charge in [0.2, 0.25) is 5.91 Å². The summed E-state index contributed by atoms with van der Waals surface area (Å²) in [6, 6.07) is 2.03. The molecule has 0 N–H and O–H groups in total. The molecule has 126 valence electrons. The molecule has 1 amide bonds. The van der Waals surface area contributed by atoms with E-state index in [-0.39, 0.29) is 5.92 Å². The number of halogens is 2. The Bertz CT molecular complexity index is 561. The van der Waals surface area contributed by atoms with Crippen LogP contribution in [0.1, 0.15) is 37.8 Å². The molecule has 3 heterocycles. The van der Waals surface area contributed by atoms with E-state index in [1.54, 1.807) is 0 Å². The fourth-order valence-electron chi connectivity index (χ4n) is 3.54. The molecule has 1 aromatic heterocycles. The molecule has 1 aromatic rings. The van der Waals surface area contributed by atoms with Gasteiger partial charge in [0.05, 0.1) is 11.6 Å². The van der Waals surface area contributed by atoms with Crippen molar-refractivity contribution >= 4 is 37.8 Å². The molecule has 1 unspecified atom stereocenters. The van der Waals surface area contributed by atoms with Crippen molar-refractivity contribution in [1.29, 1.82) is 0 Å². The number of rotatable bonds is 3. The fraction of sp³-hybridized carbons (Fsp3) is 0.647. The van der Waals surface area contributed by atoms with Crippen LogP contribution in [0.2, 0.25) is 0 Å². The highest BCUT2D eigenvalue weighted by molar-refractivity contribution is 9.11. The van der Waals surface area contributed by atoms with Crippen molar-refractivity contribution < 1.29 is 4.79 Å². The van der Waals surface area contributed by atoms with Gasteiger partial charge in [0.1, 0.15) is 0 Å². The van der Waals surface area contributed by atoms with Crippen molar-refractivity contribution in [2.24, 2.45) is 5.92 Å². The van der Waals surface area contributed by atoms with Gasteiger partial charge in [0, 0.05) is 41.3 Å². The number of aromatic nitrogens is 1. The Morgan fingerprint density at radius 3 is 2.70 bits per heavy atom. The Morgan fingerprint density at radius 2 is 1.96 bits per heavy atom. The zero-order valence-corrected chi connectivity index (χ0v) is 16.5. The lowest BCUT2D eigenvalue weighted by molar-refractivity contribution is -0.138. The van der Waals surface area contributed by atoms with Crippen LogP contribution in [0.15, 0.2) is 21.2 Å². The van der Waals surface area contributed by atoms with Crippen molar-refractivity contribution in [3.8, 4) is 0 Å². The van der Waals surface area contributed by atoms with E-state index in [9.17, 15) is 4.79 Å². The van der Waals surface area contributed by atoms with Crippen LogP contribution < -0.4 is 0 Å². The van der Waals surface area contributed by atoms with Gasteiger partial charge >= 0.3 is 0 Å². The van der Waals surface area contributed by atoms with Gasteiger partial charge in [0.15, 0.2) is 0 Å². The summed E-state index contributed by atoms with van der Waals surface area (Å²) < 4.78 is 2.00. The Labute approximate surface area is 154 Å². The van der Waals surface area contributed by atoms with Crippen LogP contribution in [0.25, 0.3) is 0 Å². The molecule has 2 saturated heterocycles. The SMILES string of the molecule is O=C(C1CCCN(Cc2ncc(Br)cc2Br)C1)N1CCCCC1. The first-order valence-corrected chi connectivity index (χ1v) is 10.0. The lowest BCUT2D eigenvalue weighted by atomic mass is 9.95. The Morgan fingerprint density at radius 1 is 1.17 bits per heavy atom. The lowest BCUT2D eigenvalue weighted by Gasteiger charge is -2.36. The molecular weight excluding hydrogens is 422 g/mol. The summed E-state index contributed by atoms with van der Waals surface area (Å²) in [5, 5.41) is 0. The third-order valence-corrected chi connectivity index (χ3v) is 5.90. The largest absolute Gasteiger partial charge is 0.342 e. The second-order valence-corrected chi connectivity index (χ2v) is 8.31. The maximum Gasteiger partial charge on any atom is 0.226 e. The minimum absolute atomic E-state index is 0.163. The predicted molar refractivity (Wildman–Crippen MR) is 98.1 cm³/mol. The molecule has 1 atom stereocenters. The number of hydrogen-bond donors (Lipinski definition) is 0. The van der Waals surface area contributed by atoms with E-state index in [0.717, 1.165) is 73.0 Å². The molecule has 0 saturated carbocycles. The first-order chi connectivity index (χ1) is 11.1. The second kappa shape index (κ2) is 8.08. The average Bonchev–Trinajstić information content (AvgIpc) is 2.58. The van der Waals surface area contributed by atoms with Crippen LogP contribution >= 0.6 is 31.9 Å². The van der Waals surface area contributed by atoms with Crippen LogP contribution in [0.4, 0.5) is 0 Å². The molecular formula is C17H23Br2N3O. The van der Waals surface area contributed by atoms with Gasteiger partial charge < -0.3 is 4.90 Å². The summed E-state index contributed by atoms with van der Waals surface area (Å²) in [5.41, 5.74) is 1.04. The number of nitrogens with zero attached hydrogens (tertiary/aromatic N) is 3. The summed E-state index contributed by atoms with van der Waals surface area (Å²) in [4.78, 5) is 21.7. The third kappa shape index (κ3) is 4.54. The van der Waals surface area contributed by atoms with Crippen LogP contribution in [0.3, 0.4) is 0 Å². The minimum Gasteiger partial charge on any atom is -0.342 e. The standard InChI is InChI=1S/C17H23Br2N3O/c18-14-9-15(19)16(20-10-14)12-21-6-4-5-13(11-21)17(23)22-7-2-1-3-8-22/h9-10,13H,1-8,11-12H2. The van der Waals surface area contributed by atoms with Gasteiger partial charge in [0.25, 0.3) is 0 Å². The van der Waals surface area contributed by atoms with E-state index in [2.05, 4.69) is 46.6 Å². The molecule has 2 aliphatic heterocycles. The summed E-state index contributed by atoms with van der Waals surface area (Å²) in [6.07, 6.45) is 7.55. The normalized spacial score (nSPS) is 23.0. The molecule has 6 heteroatoms. The van der Waals surface area contributed by atoms with Gasteiger partial charge in [-0.05, 0) is 76.6 Å². The first kappa shape index (κ1) is 17.4. The zero-order chi connectivity index (χ0) is 16.2. The van der Waals surface area contributed by atoms with Crippen molar-refractivity contribution in [3.05, 3.63) is 26.9 Å². The molecule has 0 bridgehead atoms. The van der Waals surface area contributed by atoms with Crippen molar-refractivity contribution in [2.45, 2.75) is 38.6 Å². The van der Waals surface area contributed by atoms with Gasteiger partial charge in [-0.3, -0.25) is 14.7 Å². The number of pyridine rings is 1. The lowest BCUT2D eigenvalue weighted by Crippen LogP contribution is -2.46. The number of amides is 1. The van der Waals surface area contributed by atoms with E-state index in [0.29, 0.717) is 5.91 Å². The third-order valence-electron chi connectivity index (χ3n) is 4.78. The van der Waals surface area contributed by atoms with E-state index < -0.39 is 0 Å². The number of carbonyl (C=O) groups excluding carboxylic acids is 1. The van der Waals surface area contributed by atoms with E-state index in [4.69, 9.17) is 0 Å². The van der Waals surface area contributed by atoms with Gasteiger partial charge in [-0.2, -0.15) is 0 Å². The monoisotopic (exact) mass is 443 g/mol. The average molecular weight is 445 g/mol. The molecule has 23 heavy (non-hydrogen) atoms. The van der Waals surface area contributed by atoms with Crippen molar-refractivity contribution in [3.63, 3.8) is 0 Å². The number of piperidine rings is 2. The second-order valence-electron chi connectivity index (χ2n) is 6.54. The molecule has 2 fully saturated rings. The first-order valence-electron chi connectivity index (χ1n) is 8.44. The summed E-state index contributed by atoms with van der Waals surface area (Å²) in [6.45, 7) is 4.62. The quantitative estimate of drug-likeness (QED) is 0.710. The van der Waals surface area contributed by atoms with Gasteiger partial charge in [-0.1, -0.05) is 0 Å². The topological polar surface area (TPSA) is 36.4 Å². The highest BCUT2D eigenvalue weighted by Gasteiger charge is 2.30. The van der Waals surface area contributed by atoms with Crippen molar-refractivity contribution in [2.75, 3.05) is 26.2 Å². The summed E-state index contributed by atoms with van der Waals surface area (Å²) in [5.74, 6) is 0.535. The molecule has 0 radical (unpaired) electrons. The Balaban J connectivity index is 1.60. The number of hydrogen-bond acceptors (Lipinski definition) is 3. The molecule has 2 aliphatic rings. The van der Waals surface area contributed by atoms with E-state index in [1.165, 1.54) is 6.42 Å². The van der Waals surface area contributed by atoms with Crippen LogP contribution in [0, 0.1) is 5.92 Å². The number of likely N-dealkylation sites (tertiary alicyclic amines) is 2. The van der Waals surface area contributed by atoms with Crippen LogP contribution in [-0.4, -0.2) is 46.9 Å². The van der Waals surface area contributed by atoms with E-state index >= 15 is 0 Å². The van der Waals surface area contributed by atoms with Crippen molar-refractivity contribution in [1.82, 2.24) is 14.8 Å². The summed E-state index contributed by atoms with van der Waals surface area (Å²) in [7, 11) is 0. The maximum absolute atomic E-state index is 12.7. The molecule has 0 aromatic carbocycles. The zero-order valence-electron chi connectivity index (χ0n) is 13.3. The molecule has 0 spiro atoms. The summed E-state index contributed by atoms with van der Waals surface area (Å²) >= 11 is 7.02. The van der Waals surface area contributed by atoms with Crippen LogP contribution in [0.5, 0.6) is 0 Å². The molecule has 3 rings (SSSR count). The highest BCUT2D eigenvalue weighted by Crippen LogP contribution is 2.25. The Hall–Kier alpha value is -0.460. The highest BCUT2D eigenvalue weighted by atomic mass is 79.9. The maximum atomic E-state index is 12.7. The molecule has 0 aliphatic carbocycles. The van der Waals surface area contributed by atoms with Gasteiger partial charge in [-0.15, -0.1) is 0 Å². The minimum atomic E-state index is 0.163. The predicted octanol–water partition coefficient (Wildman–Crippen LogP) is 3.83. The molecule has 4 nitrogen and oxygen atoms in total. The van der Waals surface area contributed by atoms with Crippen LogP contribution in [-0.2, 0) is 11.3 Å². The fourth-order valence-corrected chi connectivity index (χ4v) is 4.66. The van der Waals surface area contributed by atoms with E-state index in [1.807, 2.05) is 12.3 Å². The smallest absolute Gasteiger partial charge is 0.226 e. The van der Waals surface area contributed by atoms with Gasteiger partial charge in [-0.25, -0.2) is 0 Å². The Kier molecular flexibility index (Phi) is 6.10.